The number of fused-ring (bicyclic) bond motifs is 1. The fourth-order valence-electron chi connectivity index (χ4n) is 3.95. The van der Waals surface area contributed by atoms with E-state index >= 15 is 0 Å². The fourth-order valence-corrected chi connectivity index (χ4v) is 4.67. The highest BCUT2D eigenvalue weighted by Gasteiger charge is 2.23. The summed E-state index contributed by atoms with van der Waals surface area (Å²) in [5.74, 6) is 1.21. The van der Waals surface area contributed by atoms with E-state index in [1.807, 2.05) is 67.8 Å². The Balaban J connectivity index is 1.50. The molecule has 0 unspecified atom stereocenters. The van der Waals surface area contributed by atoms with Crippen molar-refractivity contribution in [1.29, 1.82) is 0 Å². The summed E-state index contributed by atoms with van der Waals surface area (Å²) < 4.78 is 16.1. The molecule has 0 saturated heterocycles. The number of carbonyl (C=O) groups is 2. The van der Waals surface area contributed by atoms with Crippen LogP contribution in [0.5, 0.6) is 11.5 Å². The number of carbonyl (C=O) groups excluding carboxylic acids is 2. The highest BCUT2D eigenvalue weighted by Crippen LogP contribution is 2.33. The number of methoxy groups -OCH3 is 1. The highest BCUT2D eigenvalue weighted by molar-refractivity contribution is 7.09. The molecule has 0 aliphatic carbocycles. The number of hydrogen-bond donors (Lipinski definition) is 1. The molecule has 3 amide bonds. The molecule has 9 heteroatoms. The Morgan fingerprint density at radius 1 is 1.03 bits per heavy atom. The second-order valence-electron chi connectivity index (χ2n) is 8.68. The maximum Gasteiger partial charge on any atom is 0.322 e. The summed E-state index contributed by atoms with van der Waals surface area (Å²) in [4.78, 5) is 31.1. The van der Waals surface area contributed by atoms with Gasteiger partial charge in [-0.05, 0) is 54.6 Å². The number of benzene rings is 2. The molecule has 2 aromatic carbocycles. The maximum absolute atomic E-state index is 13.6. The molecule has 1 aromatic heterocycles. The van der Waals surface area contributed by atoms with Gasteiger partial charge in [0.2, 0.25) is 12.7 Å². The summed E-state index contributed by atoms with van der Waals surface area (Å²) >= 11 is 1.59. The van der Waals surface area contributed by atoms with Crippen LogP contribution < -0.4 is 14.8 Å². The molecule has 2 heterocycles. The van der Waals surface area contributed by atoms with Gasteiger partial charge in [-0.1, -0.05) is 29.8 Å². The lowest BCUT2D eigenvalue weighted by Crippen LogP contribution is -2.45. The van der Waals surface area contributed by atoms with Crippen molar-refractivity contribution in [3.05, 3.63) is 75.5 Å². The van der Waals surface area contributed by atoms with Crippen LogP contribution >= 0.6 is 11.3 Å². The van der Waals surface area contributed by atoms with Gasteiger partial charge in [0.25, 0.3) is 0 Å². The van der Waals surface area contributed by atoms with Gasteiger partial charge >= 0.3 is 6.03 Å². The third kappa shape index (κ3) is 6.56. The third-order valence-corrected chi connectivity index (χ3v) is 6.75. The molecule has 0 atom stereocenters. The van der Waals surface area contributed by atoms with Crippen molar-refractivity contribution in [2.75, 3.05) is 38.9 Å². The smallest absolute Gasteiger partial charge is 0.322 e. The summed E-state index contributed by atoms with van der Waals surface area (Å²) in [7, 11) is 1.57. The van der Waals surface area contributed by atoms with E-state index in [0.717, 1.165) is 27.3 Å². The lowest BCUT2D eigenvalue weighted by molar-refractivity contribution is -0.133. The molecule has 0 bridgehead atoms. The van der Waals surface area contributed by atoms with Gasteiger partial charge in [0, 0.05) is 30.8 Å². The number of anilines is 1. The lowest BCUT2D eigenvalue weighted by atomic mass is 10.1. The first-order chi connectivity index (χ1) is 17.4. The second kappa shape index (κ2) is 11.9. The van der Waals surface area contributed by atoms with Crippen LogP contribution in [0, 0.1) is 13.8 Å². The van der Waals surface area contributed by atoms with Crippen LogP contribution in [-0.2, 0) is 22.6 Å². The Morgan fingerprint density at radius 2 is 1.86 bits per heavy atom. The molecular formula is C27H31N3O5S. The summed E-state index contributed by atoms with van der Waals surface area (Å²) in [5.41, 5.74) is 3.72. The number of nitrogens with zero attached hydrogens (tertiary/aromatic N) is 2. The van der Waals surface area contributed by atoms with Crippen LogP contribution in [-0.4, -0.2) is 55.3 Å². The van der Waals surface area contributed by atoms with E-state index in [-0.39, 0.29) is 31.8 Å². The third-order valence-electron chi connectivity index (χ3n) is 5.89. The van der Waals surface area contributed by atoms with Crippen LogP contribution in [0.1, 0.15) is 21.6 Å². The molecule has 4 rings (SSSR count). The number of amides is 3. The number of aryl methyl sites for hydroxylation is 2. The minimum Gasteiger partial charge on any atom is -0.454 e. The van der Waals surface area contributed by atoms with Crippen molar-refractivity contribution in [2.24, 2.45) is 0 Å². The van der Waals surface area contributed by atoms with Gasteiger partial charge in [-0.15, -0.1) is 11.3 Å². The topological polar surface area (TPSA) is 80.3 Å². The zero-order valence-electron chi connectivity index (χ0n) is 20.8. The van der Waals surface area contributed by atoms with Gasteiger partial charge in [0.05, 0.1) is 13.2 Å². The van der Waals surface area contributed by atoms with Crippen molar-refractivity contribution >= 4 is 29.0 Å². The van der Waals surface area contributed by atoms with Gasteiger partial charge < -0.3 is 29.3 Å². The predicted octanol–water partition coefficient (Wildman–Crippen LogP) is 4.80. The predicted molar refractivity (Wildman–Crippen MR) is 140 cm³/mol. The molecule has 0 fully saturated rings. The van der Waals surface area contributed by atoms with Gasteiger partial charge in [0.15, 0.2) is 11.5 Å². The molecule has 0 spiro atoms. The SMILES string of the molecule is COCCN(CC(=O)N(Cc1ccc2c(c1)OCO2)Cc1cccs1)C(=O)Nc1ccc(C)cc1C. The first-order valence-electron chi connectivity index (χ1n) is 11.7. The van der Waals surface area contributed by atoms with Crippen LogP contribution in [0.15, 0.2) is 53.9 Å². The maximum atomic E-state index is 13.6. The Hall–Kier alpha value is -3.56. The number of hydrogen-bond acceptors (Lipinski definition) is 6. The quantitative estimate of drug-likeness (QED) is 0.425. The van der Waals surface area contributed by atoms with Crippen LogP contribution in [0.25, 0.3) is 0 Å². The monoisotopic (exact) mass is 509 g/mol. The Kier molecular flexibility index (Phi) is 8.45. The Bertz CT molecular complexity index is 1200. The minimum atomic E-state index is -0.341. The molecule has 0 saturated carbocycles. The van der Waals surface area contributed by atoms with E-state index in [2.05, 4.69) is 5.32 Å². The van der Waals surface area contributed by atoms with Crippen molar-refractivity contribution < 1.29 is 23.8 Å². The Labute approximate surface area is 215 Å². The first kappa shape index (κ1) is 25.5. The summed E-state index contributed by atoms with van der Waals surface area (Å²) in [5, 5.41) is 4.93. The standard InChI is InChI=1S/C27H31N3O5S/c1-19-6-8-23(20(2)13-19)28-27(32)29(10-11-33-3)17-26(31)30(16-22-5-4-12-36-22)15-21-7-9-24-25(14-21)35-18-34-24/h4-9,12-14H,10-11,15-18H2,1-3H3,(H,28,32). The lowest BCUT2D eigenvalue weighted by Gasteiger charge is -2.28. The van der Waals surface area contributed by atoms with E-state index in [4.69, 9.17) is 14.2 Å². The molecule has 1 N–H and O–H groups in total. The van der Waals surface area contributed by atoms with Gasteiger partial charge in [0.1, 0.15) is 6.54 Å². The van der Waals surface area contributed by atoms with Crippen molar-refractivity contribution in [2.45, 2.75) is 26.9 Å². The molecule has 190 valence electrons. The van der Waals surface area contributed by atoms with Gasteiger partial charge in [-0.25, -0.2) is 4.79 Å². The van der Waals surface area contributed by atoms with E-state index in [1.54, 1.807) is 23.3 Å². The van der Waals surface area contributed by atoms with Crippen molar-refractivity contribution in [1.82, 2.24) is 9.80 Å². The zero-order valence-corrected chi connectivity index (χ0v) is 21.6. The number of thiophene rings is 1. The van der Waals surface area contributed by atoms with Gasteiger partial charge in [-0.3, -0.25) is 4.79 Å². The molecular weight excluding hydrogens is 478 g/mol. The van der Waals surface area contributed by atoms with Crippen LogP contribution in [0.4, 0.5) is 10.5 Å². The largest absolute Gasteiger partial charge is 0.454 e. The van der Waals surface area contributed by atoms with Crippen LogP contribution in [0.2, 0.25) is 0 Å². The molecule has 1 aliphatic heterocycles. The number of rotatable bonds is 10. The summed E-state index contributed by atoms with van der Waals surface area (Å²) in [6.45, 7) is 5.50. The average Bonchev–Trinajstić information content (AvgIpc) is 3.54. The van der Waals surface area contributed by atoms with E-state index in [1.165, 1.54) is 4.90 Å². The number of ether oxygens (including phenoxy) is 3. The highest BCUT2D eigenvalue weighted by atomic mass is 32.1. The number of nitrogens with one attached hydrogen (secondary N) is 1. The first-order valence-corrected chi connectivity index (χ1v) is 12.6. The summed E-state index contributed by atoms with van der Waals surface area (Å²) in [6.07, 6.45) is 0. The zero-order chi connectivity index (χ0) is 25.5. The van der Waals surface area contributed by atoms with Crippen molar-refractivity contribution in [3.8, 4) is 11.5 Å². The fraction of sp³-hybridized carbons (Fsp3) is 0.333. The molecule has 1 aliphatic rings. The van der Waals surface area contributed by atoms with E-state index in [9.17, 15) is 9.59 Å². The molecule has 8 nitrogen and oxygen atoms in total. The normalized spacial score (nSPS) is 11.9. The molecule has 36 heavy (non-hydrogen) atoms. The summed E-state index contributed by atoms with van der Waals surface area (Å²) in [6, 6.07) is 15.1. The molecule has 3 aromatic rings. The number of urea groups is 1. The van der Waals surface area contributed by atoms with Crippen molar-refractivity contribution in [3.63, 3.8) is 0 Å². The molecule has 0 radical (unpaired) electrons. The minimum absolute atomic E-state index is 0.0734. The van der Waals surface area contributed by atoms with E-state index < -0.39 is 0 Å². The van der Waals surface area contributed by atoms with E-state index in [0.29, 0.717) is 31.2 Å². The second-order valence-corrected chi connectivity index (χ2v) is 9.71. The average molecular weight is 510 g/mol. The Morgan fingerprint density at radius 3 is 2.61 bits per heavy atom. The van der Waals surface area contributed by atoms with Gasteiger partial charge in [-0.2, -0.15) is 0 Å². The van der Waals surface area contributed by atoms with Crippen LogP contribution in [0.3, 0.4) is 0 Å².